The number of nitrogens with zero attached hydrogens (tertiary/aromatic N) is 3. The molecule has 0 bridgehead atoms. The monoisotopic (exact) mass is 404 g/mol. The number of carbonyl (C=O) groups is 1. The van der Waals surface area contributed by atoms with Crippen LogP contribution >= 0.6 is 0 Å². The molecule has 1 aliphatic heterocycles. The Labute approximate surface area is 176 Å². The Balaban J connectivity index is 1.57. The highest BCUT2D eigenvalue weighted by Crippen LogP contribution is 2.15. The number of amides is 1. The molecule has 0 radical (unpaired) electrons. The van der Waals surface area contributed by atoms with Crippen molar-refractivity contribution in [3.05, 3.63) is 75.2 Å². The van der Waals surface area contributed by atoms with Gasteiger partial charge in [0.25, 0.3) is 11.5 Å². The van der Waals surface area contributed by atoms with Crippen molar-refractivity contribution in [2.75, 3.05) is 19.6 Å². The van der Waals surface area contributed by atoms with Crippen molar-refractivity contribution in [2.24, 2.45) is 0 Å². The van der Waals surface area contributed by atoms with E-state index < -0.39 is 0 Å². The molecule has 156 valence electrons. The van der Waals surface area contributed by atoms with Gasteiger partial charge in [-0.1, -0.05) is 24.3 Å². The molecule has 1 N–H and O–H groups in total. The molecule has 1 amide bonds. The molecule has 0 spiro atoms. The number of aromatic nitrogens is 2. The third-order valence-corrected chi connectivity index (χ3v) is 5.96. The average molecular weight is 405 g/mol. The van der Waals surface area contributed by atoms with E-state index in [1.165, 1.54) is 12.8 Å². The van der Waals surface area contributed by atoms with Gasteiger partial charge in [-0.25, -0.2) is 4.68 Å². The second kappa shape index (κ2) is 8.79. The van der Waals surface area contributed by atoms with Crippen LogP contribution in [0.4, 0.5) is 0 Å². The number of hydrogen-bond acceptors (Lipinski definition) is 4. The average Bonchev–Trinajstić information content (AvgIpc) is 3.28. The molecule has 0 saturated carbocycles. The van der Waals surface area contributed by atoms with Crippen molar-refractivity contribution in [3.8, 4) is 0 Å². The molecule has 0 aliphatic carbocycles. The van der Waals surface area contributed by atoms with Crippen molar-refractivity contribution in [2.45, 2.75) is 39.8 Å². The van der Waals surface area contributed by atoms with Crippen LogP contribution < -0.4 is 10.9 Å². The normalized spacial score (nSPS) is 14.3. The fourth-order valence-electron chi connectivity index (χ4n) is 3.98. The van der Waals surface area contributed by atoms with Gasteiger partial charge in [0.1, 0.15) is 0 Å². The van der Waals surface area contributed by atoms with E-state index in [1.807, 2.05) is 56.3 Å². The molecule has 4 rings (SSSR count). The SMILES string of the molecule is Cc1ccc(C(=O)NCc2nn(CCN3CCCC3)c(=O)c3ccccc23)cc1C. The first-order chi connectivity index (χ1) is 14.5. The zero-order valence-electron chi connectivity index (χ0n) is 17.6. The molecule has 1 saturated heterocycles. The fraction of sp³-hybridized carbons (Fsp3) is 0.375. The molecule has 0 unspecified atom stereocenters. The standard InChI is InChI=1S/C24H28N4O2/c1-17-9-10-19(15-18(17)2)23(29)25-16-22-20-7-3-4-8-21(20)24(30)28(26-22)14-13-27-11-5-6-12-27/h3-4,7-10,15H,5-6,11-14,16H2,1-2H3,(H,25,29). The smallest absolute Gasteiger partial charge is 0.274 e. The van der Waals surface area contributed by atoms with E-state index in [-0.39, 0.29) is 18.0 Å². The molecule has 2 aromatic carbocycles. The summed E-state index contributed by atoms with van der Waals surface area (Å²) in [4.78, 5) is 27.9. The van der Waals surface area contributed by atoms with Gasteiger partial charge in [0.2, 0.25) is 0 Å². The van der Waals surface area contributed by atoms with Crippen molar-refractivity contribution < 1.29 is 4.79 Å². The number of hydrogen-bond donors (Lipinski definition) is 1. The Morgan fingerprint density at radius 2 is 1.73 bits per heavy atom. The van der Waals surface area contributed by atoms with E-state index in [9.17, 15) is 9.59 Å². The first-order valence-electron chi connectivity index (χ1n) is 10.6. The highest BCUT2D eigenvalue weighted by atomic mass is 16.1. The molecular formula is C24H28N4O2. The summed E-state index contributed by atoms with van der Waals surface area (Å²) in [5, 5.41) is 9.03. The Morgan fingerprint density at radius 1 is 1.00 bits per heavy atom. The summed E-state index contributed by atoms with van der Waals surface area (Å²) >= 11 is 0. The van der Waals surface area contributed by atoms with Crippen LogP contribution in [-0.2, 0) is 13.1 Å². The zero-order chi connectivity index (χ0) is 21.1. The number of carbonyl (C=O) groups excluding carboxylic acids is 1. The summed E-state index contributed by atoms with van der Waals surface area (Å²) < 4.78 is 1.55. The van der Waals surface area contributed by atoms with Gasteiger partial charge in [-0.15, -0.1) is 0 Å². The maximum absolute atomic E-state index is 12.9. The highest BCUT2D eigenvalue weighted by molar-refractivity contribution is 5.94. The lowest BCUT2D eigenvalue weighted by Crippen LogP contribution is -2.32. The summed E-state index contributed by atoms with van der Waals surface area (Å²) in [5.41, 5.74) is 3.51. The van der Waals surface area contributed by atoms with Gasteiger partial charge in [-0.05, 0) is 69.1 Å². The number of aryl methyl sites for hydroxylation is 2. The molecule has 1 aromatic heterocycles. The molecule has 0 atom stereocenters. The zero-order valence-corrected chi connectivity index (χ0v) is 17.6. The van der Waals surface area contributed by atoms with Crippen LogP contribution in [0.15, 0.2) is 47.3 Å². The fourth-order valence-corrected chi connectivity index (χ4v) is 3.98. The van der Waals surface area contributed by atoms with E-state index in [4.69, 9.17) is 0 Å². The van der Waals surface area contributed by atoms with Gasteiger partial charge in [0, 0.05) is 17.5 Å². The molecule has 3 aromatic rings. The minimum absolute atomic E-state index is 0.0750. The van der Waals surface area contributed by atoms with Crippen molar-refractivity contribution in [1.82, 2.24) is 20.0 Å². The van der Waals surface area contributed by atoms with E-state index in [1.54, 1.807) is 4.68 Å². The molecule has 1 aliphatic rings. The molecular weight excluding hydrogens is 376 g/mol. The maximum Gasteiger partial charge on any atom is 0.274 e. The van der Waals surface area contributed by atoms with Crippen molar-refractivity contribution in [1.29, 1.82) is 0 Å². The quantitative estimate of drug-likeness (QED) is 0.686. The number of likely N-dealkylation sites (tertiary alicyclic amines) is 1. The Bertz CT molecular complexity index is 1130. The number of benzene rings is 2. The highest BCUT2D eigenvalue weighted by Gasteiger charge is 2.15. The van der Waals surface area contributed by atoms with Crippen molar-refractivity contribution >= 4 is 16.7 Å². The minimum Gasteiger partial charge on any atom is -0.346 e. The number of rotatable bonds is 6. The third kappa shape index (κ3) is 4.28. The molecule has 2 heterocycles. The van der Waals surface area contributed by atoms with Crippen molar-refractivity contribution in [3.63, 3.8) is 0 Å². The molecule has 30 heavy (non-hydrogen) atoms. The van der Waals surface area contributed by atoms with Gasteiger partial charge >= 0.3 is 0 Å². The lowest BCUT2D eigenvalue weighted by atomic mass is 10.1. The van der Waals surface area contributed by atoms with E-state index in [2.05, 4.69) is 15.3 Å². The van der Waals surface area contributed by atoms with Gasteiger partial charge < -0.3 is 10.2 Å². The van der Waals surface area contributed by atoms with Crippen LogP contribution in [0.5, 0.6) is 0 Å². The third-order valence-electron chi connectivity index (χ3n) is 5.96. The second-order valence-electron chi connectivity index (χ2n) is 8.05. The van der Waals surface area contributed by atoms with Crippen LogP contribution in [0.2, 0.25) is 0 Å². The van der Waals surface area contributed by atoms with Crippen LogP contribution in [0.1, 0.15) is 40.0 Å². The first-order valence-corrected chi connectivity index (χ1v) is 10.6. The summed E-state index contributed by atoms with van der Waals surface area (Å²) in [6, 6.07) is 13.2. The molecule has 6 heteroatoms. The van der Waals surface area contributed by atoms with Gasteiger partial charge in [-0.2, -0.15) is 5.10 Å². The topological polar surface area (TPSA) is 67.2 Å². The molecule has 1 fully saturated rings. The van der Waals surface area contributed by atoms with Crippen LogP contribution in [0.25, 0.3) is 10.8 Å². The summed E-state index contributed by atoms with van der Waals surface area (Å²) in [6.07, 6.45) is 2.44. The van der Waals surface area contributed by atoms with E-state index >= 15 is 0 Å². The van der Waals surface area contributed by atoms with E-state index in [0.29, 0.717) is 23.2 Å². The number of fused-ring (bicyclic) bond motifs is 1. The maximum atomic E-state index is 12.9. The van der Waals surface area contributed by atoms with Gasteiger partial charge in [0.05, 0.1) is 24.2 Å². The second-order valence-corrected chi connectivity index (χ2v) is 8.05. The lowest BCUT2D eigenvalue weighted by Gasteiger charge is -2.16. The van der Waals surface area contributed by atoms with Crippen LogP contribution in [0, 0.1) is 13.8 Å². The van der Waals surface area contributed by atoms with Gasteiger partial charge in [-0.3, -0.25) is 9.59 Å². The summed E-state index contributed by atoms with van der Waals surface area (Å²) in [6.45, 7) is 7.84. The molecule has 6 nitrogen and oxygen atoms in total. The summed E-state index contributed by atoms with van der Waals surface area (Å²) in [5.74, 6) is -0.140. The van der Waals surface area contributed by atoms with Crippen LogP contribution in [-0.4, -0.2) is 40.2 Å². The minimum atomic E-state index is -0.140. The van der Waals surface area contributed by atoms with Crippen LogP contribution in [0.3, 0.4) is 0 Å². The lowest BCUT2D eigenvalue weighted by molar-refractivity contribution is 0.0950. The number of nitrogens with one attached hydrogen (secondary N) is 1. The Morgan fingerprint density at radius 3 is 2.47 bits per heavy atom. The van der Waals surface area contributed by atoms with Gasteiger partial charge in [0.15, 0.2) is 0 Å². The summed E-state index contributed by atoms with van der Waals surface area (Å²) in [7, 11) is 0. The van der Waals surface area contributed by atoms with E-state index in [0.717, 1.165) is 36.1 Å². The Kier molecular flexibility index (Phi) is 5.95. The predicted octanol–water partition coefficient (Wildman–Crippen LogP) is 3.04. The largest absolute Gasteiger partial charge is 0.346 e. The Hall–Kier alpha value is -2.99. The first kappa shape index (κ1) is 20.3. The predicted molar refractivity (Wildman–Crippen MR) is 119 cm³/mol.